The first-order valence-electron chi connectivity index (χ1n) is 6.31. The predicted octanol–water partition coefficient (Wildman–Crippen LogP) is 3.29. The zero-order valence-corrected chi connectivity index (χ0v) is 11.5. The lowest BCUT2D eigenvalue weighted by atomic mass is 10.1. The van der Waals surface area contributed by atoms with Gasteiger partial charge in [0.2, 0.25) is 0 Å². The van der Waals surface area contributed by atoms with Gasteiger partial charge in [0.05, 0.1) is 24.2 Å². The molecule has 2 aromatic rings. The third-order valence-corrected chi connectivity index (χ3v) is 3.06. The average Bonchev–Trinajstić information content (AvgIpc) is 2.43. The zero-order chi connectivity index (χ0) is 13.8. The fraction of sp³-hybridized carbons (Fsp3) is 0.267. The Morgan fingerprint density at radius 3 is 2.68 bits per heavy atom. The van der Waals surface area contributed by atoms with Gasteiger partial charge in [0.15, 0.2) is 0 Å². The number of rotatable bonds is 4. The van der Waals surface area contributed by atoms with Gasteiger partial charge < -0.3 is 15.8 Å². The number of benzene rings is 1. The summed E-state index contributed by atoms with van der Waals surface area (Å²) in [6, 6.07) is 9.81. The summed E-state index contributed by atoms with van der Waals surface area (Å²) in [7, 11) is 1.66. The van der Waals surface area contributed by atoms with E-state index in [9.17, 15) is 0 Å². The van der Waals surface area contributed by atoms with Gasteiger partial charge in [-0.1, -0.05) is 13.0 Å². The van der Waals surface area contributed by atoms with Crippen molar-refractivity contribution in [2.24, 2.45) is 0 Å². The lowest BCUT2D eigenvalue weighted by molar-refractivity contribution is 0.416. The molecule has 0 atom stereocenters. The van der Waals surface area contributed by atoms with Crippen molar-refractivity contribution in [1.82, 2.24) is 4.98 Å². The molecule has 0 bridgehead atoms. The highest BCUT2D eigenvalue weighted by atomic mass is 16.5. The van der Waals surface area contributed by atoms with Crippen molar-refractivity contribution in [3.63, 3.8) is 0 Å². The third kappa shape index (κ3) is 2.96. The number of nitrogens with one attached hydrogen (secondary N) is 1. The minimum atomic E-state index is 0.694. The molecule has 0 aliphatic rings. The summed E-state index contributed by atoms with van der Waals surface area (Å²) in [5.74, 6) is 1.56. The standard InChI is InChI=1S/C15H19N3O/c1-4-11-5-7-14(19-3)13(9-11)18-15-8-6-12(16)10(2)17-15/h5-9H,4,16H2,1-3H3,(H,17,18). The molecular formula is C15H19N3O. The van der Waals surface area contributed by atoms with E-state index in [-0.39, 0.29) is 0 Å². The molecule has 0 radical (unpaired) electrons. The van der Waals surface area contributed by atoms with E-state index in [1.54, 1.807) is 7.11 Å². The highest BCUT2D eigenvalue weighted by molar-refractivity contribution is 5.66. The Labute approximate surface area is 113 Å². The molecule has 1 heterocycles. The second kappa shape index (κ2) is 5.61. The minimum absolute atomic E-state index is 0.694. The molecule has 2 rings (SSSR count). The maximum Gasteiger partial charge on any atom is 0.142 e. The van der Waals surface area contributed by atoms with E-state index in [0.29, 0.717) is 5.69 Å². The van der Waals surface area contributed by atoms with Crippen molar-refractivity contribution in [2.75, 3.05) is 18.2 Å². The number of hydrogen-bond acceptors (Lipinski definition) is 4. The third-order valence-electron chi connectivity index (χ3n) is 3.06. The van der Waals surface area contributed by atoms with Crippen LogP contribution in [0.2, 0.25) is 0 Å². The minimum Gasteiger partial charge on any atom is -0.495 e. The molecule has 0 unspecified atom stereocenters. The first-order chi connectivity index (χ1) is 9.13. The number of aromatic nitrogens is 1. The number of anilines is 3. The predicted molar refractivity (Wildman–Crippen MR) is 79.0 cm³/mol. The Kier molecular flexibility index (Phi) is 3.90. The Morgan fingerprint density at radius 2 is 2.05 bits per heavy atom. The van der Waals surface area contributed by atoms with Gasteiger partial charge in [-0.15, -0.1) is 0 Å². The van der Waals surface area contributed by atoms with Crippen LogP contribution in [0.15, 0.2) is 30.3 Å². The fourth-order valence-electron chi connectivity index (χ4n) is 1.85. The number of nitrogen functional groups attached to an aromatic ring is 1. The lowest BCUT2D eigenvalue weighted by Crippen LogP contribution is -2.00. The van der Waals surface area contributed by atoms with Gasteiger partial charge in [-0.3, -0.25) is 0 Å². The van der Waals surface area contributed by atoms with Crippen LogP contribution >= 0.6 is 0 Å². The zero-order valence-electron chi connectivity index (χ0n) is 11.5. The molecule has 4 nitrogen and oxygen atoms in total. The number of methoxy groups -OCH3 is 1. The van der Waals surface area contributed by atoms with Crippen LogP contribution < -0.4 is 15.8 Å². The Balaban J connectivity index is 2.33. The van der Waals surface area contributed by atoms with Crippen LogP contribution in [0.1, 0.15) is 18.2 Å². The molecule has 0 aliphatic carbocycles. The SMILES string of the molecule is CCc1ccc(OC)c(Nc2ccc(N)c(C)n2)c1. The van der Waals surface area contributed by atoms with Crippen LogP contribution in [0.5, 0.6) is 5.75 Å². The molecule has 0 saturated heterocycles. The Hall–Kier alpha value is -2.23. The molecule has 4 heteroatoms. The Bertz CT molecular complexity index is 582. The highest BCUT2D eigenvalue weighted by Gasteiger charge is 2.06. The van der Waals surface area contributed by atoms with E-state index in [2.05, 4.69) is 29.4 Å². The van der Waals surface area contributed by atoms with Crippen molar-refractivity contribution in [3.05, 3.63) is 41.6 Å². The molecule has 100 valence electrons. The topological polar surface area (TPSA) is 60.2 Å². The quantitative estimate of drug-likeness (QED) is 0.882. The maximum atomic E-state index is 5.77. The van der Waals surface area contributed by atoms with Crippen molar-refractivity contribution in [2.45, 2.75) is 20.3 Å². The number of aryl methyl sites for hydroxylation is 2. The van der Waals surface area contributed by atoms with Crippen molar-refractivity contribution in [1.29, 1.82) is 0 Å². The number of nitrogens with zero attached hydrogens (tertiary/aromatic N) is 1. The number of pyridine rings is 1. The summed E-state index contributed by atoms with van der Waals surface area (Å²) < 4.78 is 5.36. The lowest BCUT2D eigenvalue weighted by Gasteiger charge is -2.12. The van der Waals surface area contributed by atoms with Crippen molar-refractivity contribution < 1.29 is 4.74 Å². The van der Waals surface area contributed by atoms with E-state index in [1.807, 2.05) is 25.1 Å². The average molecular weight is 257 g/mol. The molecule has 1 aromatic carbocycles. The summed E-state index contributed by atoms with van der Waals surface area (Å²) in [4.78, 5) is 4.41. The summed E-state index contributed by atoms with van der Waals surface area (Å²) in [6.07, 6.45) is 0.979. The fourth-order valence-corrected chi connectivity index (χ4v) is 1.85. The van der Waals surface area contributed by atoms with E-state index in [0.717, 1.165) is 29.4 Å². The van der Waals surface area contributed by atoms with Gasteiger partial charge in [-0.2, -0.15) is 0 Å². The van der Waals surface area contributed by atoms with Gasteiger partial charge in [-0.25, -0.2) is 4.98 Å². The van der Waals surface area contributed by atoms with Crippen LogP contribution in [0.4, 0.5) is 17.2 Å². The Morgan fingerprint density at radius 1 is 1.26 bits per heavy atom. The largest absolute Gasteiger partial charge is 0.495 e. The van der Waals surface area contributed by atoms with Gasteiger partial charge in [0.1, 0.15) is 11.6 Å². The van der Waals surface area contributed by atoms with Crippen LogP contribution in [0.25, 0.3) is 0 Å². The smallest absolute Gasteiger partial charge is 0.142 e. The van der Waals surface area contributed by atoms with E-state index in [4.69, 9.17) is 10.5 Å². The molecule has 0 spiro atoms. The first kappa shape index (κ1) is 13.2. The van der Waals surface area contributed by atoms with Gasteiger partial charge >= 0.3 is 0 Å². The molecule has 0 amide bonds. The number of nitrogens with two attached hydrogens (primary N) is 1. The van der Waals surface area contributed by atoms with Crippen LogP contribution in [-0.4, -0.2) is 12.1 Å². The molecule has 1 aromatic heterocycles. The van der Waals surface area contributed by atoms with Crippen molar-refractivity contribution in [3.8, 4) is 5.75 Å². The van der Waals surface area contributed by atoms with Gasteiger partial charge in [-0.05, 0) is 43.2 Å². The van der Waals surface area contributed by atoms with Gasteiger partial charge in [0, 0.05) is 0 Å². The second-order valence-corrected chi connectivity index (χ2v) is 4.38. The molecule has 19 heavy (non-hydrogen) atoms. The van der Waals surface area contributed by atoms with E-state index < -0.39 is 0 Å². The second-order valence-electron chi connectivity index (χ2n) is 4.38. The first-order valence-corrected chi connectivity index (χ1v) is 6.31. The molecule has 3 N–H and O–H groups in total. The molecule has 0 fully saturated rings. The maximum absolute atomic E-state index is 5.77. The van der Waals surface area contributed by atoms with Gasteiger partial charge in [0.25, 0.3) is 0 Å². The summed E-state index contributed by atoms with van der Waals surface area (Å²) in [5, 5.41) is 3.27. The summed E-state index contributed by atoms with van der Waals surface area (Å²) >= 11 is 0. The molecular weight excluding hydrogens is 238 g/mol. The van der Waals surface area contributed by atoms with Crippen LogP contribution in [0, 0.1) is 6.92 Å². The number of hydrogen-bond donors (Lipinski definition) is 2. The number of ether oxygens (including phenoxy) is 1. The normalized spacial score (nSPS) is 10.3. The monoisotopic (exact) mass is 257 g/mol. The highest BCUT2D eigenvalue weighted by Crippen LogP contribution is 2.28. The summed E-state index contributed by atoms with van der Waals surface area (Å²) in [5.41, 5.74) is 9.44. The molecule has 0 aliphatic heterocycles. The van der Waals surface area contributed by atoms with Crippen LogP contribution in [0.3, 0.4) is 0 Å². The van der Waals surface area contributed by atoms with Crippen molar-refractivity contribution >= 4 is 17.2 Å². The van der Waals surface area contributed by atoms with E-state index in [1.165, 1.54) is 5.56 Å². The summed E-state index contributed by atoms with van der Waals surface area (Å²) in [6.45, 7) is 4.01. The van der Waals surface area contributed by atoms with E-state index >= 15 is 0 Å². The van der Waals surface area contributed by atoms with Crippen LogP contribution in [-0.2, 0) is 6.42 Å². The molecule has 0 saturated carbocycles.